The minimum absolute atomic E-state index is 0. The SMILES string of the molecule is CC[PH](Br)(CC)CC.[C]=O.[C]=O.[C]=O.[Co]. The zero-order valence-corrected chi connectivity index (χ0v) is 12.7. The fraction of sp³-hybridized carbons (Fsp3) is 0.667. The molecule has 0 N–H and O–H groups in total. The summed E-state index contributed by atoms with van der Waals surface area (Å²) in [6.45, 7) is 20.4. The van der Waals surface area contributed by atoms with E-state index in [0.717, 1.165) is 0 Å². The Morgan fingerprint density at radius 3 is 0.933 bits per heavy atom. The molecule has 0 spiro atoms. The molecule has 0 aliphatic rings. The minimum atomic E-state index is -0.859. The molecule has 6 heteroatoms. The summed E-state index contributed by atoms with van der Waals surface area (Å²) in [5, 5.41) is 0. The molecule has 0 atom stereocenters. The maximum Gasteiger partial charge on any atom is 0.281 e. The summed E-state index contributed by atoms with van der Waals surface area (Å²) in [5.74, 6) is -0.859. The van der Waals surface area contributed by atoms with Gasteiger partial charge in [0.1, 0.15) is 0 Å². The van der Waals surface area contributed by atoms with Gasteiger partial charge in [-0.05, 0) is 0 Å². The van der Waals surface area contributed by atoms with Crippen molar-refractivity contribution in [3.8, 4) is 0 Å². The number of carbonyl (C=O) groups excluding carboxylic acids is 3. The molecule has 91 valence electrons. The van der Waals surface area contributed by atoms with Crippen molar-refractivity contribution in [3.63, 3.8) is 0 Å². The van der Waals surface area contributed by atoms with Gasteiger partial charge < -0.3 is 0 Å². The smallest absolute Gasteiger partial charge is 0.281 e. The van der Waals surface area contributed by atoms with Crippen molar-refractivity contribution in [3.05, 3.63) is 0 Å². The van der Waals surface area contributed by atoms with Crippen LogP contribution in [0.25, 0.3) is 0 Å². The molecule has 0 aliphatic carbocycles. The van der Waals surface area contributed by atoms with Gasteiger partial charge in [-0.2, -0.15) is 0 Å². The third kappa shape index (κ3) is 25.1. The fourth-order valence-electron chi connectivity index (χ4n) is 0.750. The van der Waals surface area contributed by atoms with Crippen LogP contribution >= 0.6 is 21.5 Å². The van der Waals surface area contributed by atoms with Gasteiger partial charge in [0.2, 0.25) is 0 Å². The molecule has 0 bridgehead atoms. The Balaban J connectivity index is -0.0000000410. The number of rotatable bonds is 3. The molecule has 0 aromatic rings. The average Bonchev–Trinajstić information content (AvgIpc) is 2.35. The summed E-state index contributed by atoms with van der Waals surface area (Å²) in [5.41, 5.74) is 0. The second kappa shape index (κ2) is 29.3. The molecule has 0 saturated carbocycles. The van der Waals surface area contributed by atoms with Crippen LogP contribution in [0.15, 0.2) is 0 Å². The van der Waals surface area contributed by atoms with Crippen LogP contribution in [0.5, 0.6) is 0 Å². The molecule has 0 unspecified atom stereocenters. The third-order valence-corrected chi connectivity index (χ3v) is 10.7. The first-order valence-electron chi connectivity index (χ1n) is 3.98. The van der Waals surface area contributed by atoms with Gasteiger partial charge in [-0.25, -0.2) is 0 Å². The molecular weight excluding hydrogens is 326 g/mol. The normalized spacial score (nSPS) is 8.27. The Kier molecular flexibility index (Phi) is 57.6. The molecule has 0 saturated heterocycles. The van der Waals surface area contributed by atoms with Crippen molar-refractivity contribution >= 4 is 41.8 Å². The zero-order valence-electron chi connectivity index (χ0n) is 9.06. The van der Waals surface area contributed by atoms with Crippen molar-refractivity contribution in [2.45, 2.75) is 20.8 Å². The van der Waals surface area contributed by atoms with Crippen LogP contribution in [0.3, 0.4) is 0 Å². The van der Waals surface area contributed by atoms with Crippen LogP contribution in [0.1, 0.15) is 20.8 Å². The van der Waals surface area contributed by atoms with Crippen molar-refractivity contribution in [1.82, 2.24) is 0 Å². The summed E-state index contributed by atoms with van der Waals surface area (Å²) >= 11 is 3.82. The van der Waals surface area contributed by atoms with E-state index < -0.39 is 5.96 Å². The molecule has 0 aromatic heterocycles. The Morgan fingerprint density at radius 2 is 0.933 bits per heavy atom. The Hall–Kier alpha value is 0.426. The second-order valence-corrected chi connectivity index (χ2v) is 11.7. The topological polar surface area (TPSA) is 51.2 Å². The number of hydrogen-bond acceptors (Lipinski definition) is 3. The van der Waals surface area contributed by atoms with Gasteiger partial charge in [0.05, 0.1) is 0 Å². The summed E-state index contributed by atoms with van der Waals surface area (Å²) in [4.78, 5) is 22.5. The van der Waals surface area contributed by atoms with E-state index in [-0.39, 0.29) is 16.8 Å². The van der Waals surface area contributed by atoms with E-state index in [1.165, 1.54) is 18.5 Å². The Bertz CT molecular complexity index is 92.3. The predicted molar refractivity (Wildman–Crippen MR) is 65.9 cm³/mol. The van der Waals surface area contributed by atoms with E-state index in [9.17, 15) is 0 Å². The molecule has 0 amide bonds. The van der Waals surface area contributed by atoms with Crippen LogP contribution in [0.4, 0.5) is 0 Å². The van der Waals surface area contributed by atoms with Gasteiger partial charge >= 0.3 is 60.7 Å². The van der Waals surface area contributed by atoms with E-state index in [2.05, 4.69) is 56.6 Å². The van der Waals surface area contributed by atoms with Crippen molar-refractivity contribution < 1.29 is 31.2 Å². The quantitative estimate of drug-likeness (QED) is 0.737. The Morgan fingerprint density at radius 1 is 0.800 bits per heavy atom. The van der Waals surface area contributed by atoms with E-state index in [1.807, 2.05) is 0 Å². The van der Waals surface area contributed by atoms with E-state index >= 15 is 0 Å². The monoisotopic (exact) mass is 341 g/mol. The molecule has 3 nitrogen and oxygen atoms in total. The Labute approximate surface area is 112 Å². The summed E-state index contributed by atoms with van der Waals surface area (Å²) < 4.78 is 0. The fourth-order valence-corrected chi connectivity index (χ4v) is 2.25. The predicted octanol–water partition coefficient (Wildman–Crippen LogP) is 1.91. The maximum atomic E-state index is 7.50. The van der Waals surface area contributed by atoms with Gasteiger partial charge in [0.25, 0.3) is 20.4 Å². The van der Waals surface area contributed by atoms with Gasteiger partial charge in [0, 0.05) is 16.8 Å². The van der Waals surface area contributed by atoms with Crippen LogP contribution in [-0.4, -0.2) is 38.9 Å². The maximum absolute atomic E-state index is 7.50. The van der Waals surface area contributed by atoms with Gasteiger partial charge in [0.15, 0.2) is 0 Å². The van der Waals surface area contributed by atoms with Crippen molar-refractivity contribution in [2.24, 2.45) is 0 Å². The zero-order chi connectivity index (χ0) is 12.6. The van der Waals surface area contributed by atoms with Crippen LogP contribution < -0.4 is 0 Å². The second-order valence-electron chi connectivity index (χ2n) is 2.21. The summed E-state index contributed by atoms with van der Waals surface area (Å²) in [7, 11) is 0. The van der Waals surface area contributed by atoms with Gasteiger partial charge in [-0.3, -0.25) is 14.4 Å². The van der Waals surface area contributed by atoms with E-state index in [4.69, 9.17) is 14.4 Å². The summed E-state index contributed by atoms with van der Waals surface area (Å²) in [6, 6.07) is 0. The molecule has 0 fully saturated rings. The van der Waals surface area contributed by atoms with Crippen LogP contribution in [0.2, 0.25) is 0 Å². The molecular formula is C9H16BrCoO3P. The van der Waals surface area contributed by atoms with Crippen molar-refractivity contribution in [1.29, 1.82) is 0 Å². The first-order chi connectivity index (χ1) is 6.68. The summed E-state index contributed by atoms with van der Waals surface area (Å²) in [6.07, 6.45) is 4.12. The van der Waals surface area contributed by atoms with Crippen molar-refractivity contribution in [2.75, 3.05) is 18.5 Å². The average molecular weight is 342 g/mol. The van der Waals surface area contributed by atoms with Crippen LogP contribution in [-0.2, 0) is 31.2 Å². The number of hydrogen-bond donors (Lipinski definition) is 0. The van der Waals surface area contributed by atoms with Gasteiger partial charge in [-0.15, -0.1) is 0 Å². The molecule has 0 rings (SSSR count). The van der Waals surface area contributed by atoms with Crippen LogP contribution in [0, 0.1) is 0 Å². The first-order valence-corrected chi connectivity index (χ1v) is 8.86. The largest absolute Gasteiger partial charge is 0.281 e. The number of halogens is 1. The molecule has 0 aromatic carbocycles. The van der Waals surface area contributed by atoms with E-state index in [0.29, 0.717) is 0 Å². The third-order valence-electron chi connectivity index (χ3n) is 1.90. The molecule has 7 radical (unpaired) electrons. The standard InChI is InChI=1S/C6H16BrP.3CO.Co/c1-4-8(7,5-2)6-3;3*1-2;/h8H,4-6H2,1-3H3;;;;. The minimum Gasteiger partial charge on any atom is -0.281 e. The molecule has 15 heavy (non-hydrogen) atoms. The molecule has 0 aliphatic heterocycles. The first kappa shape index (κ1) is 29.5. The van der Waals surface area contributed by atoms with E-state index in [1.54, 1.807) is 0 Å². The van der Waals surface area contributed by atoms with Gasteiger partial charge in [-0.1, -0.05) is 0 Å². The molecule has 0 heterocycles.